The number of aldehydes is 1. The fourth-order valence-electron chi connectivity index (χ4n) is 2.10. The third-order valence-corrected chi connectivity index (χ3v) is 4.13. The molecule has 1 heterocycles. The number of fused-ring (bicyclic) bond motifs is 1. The van der Waals surface area contributed by atoms with E-state index in [9.17, 15) is 9.59 Å². The maximum Gasteiger partial charge on any atom is 0.280 e. The van der Waals surface area contributed by atoms with Gasteiger partial charge in [0.25, 0.3) is 5.56 Å². The molecule has 1 aromatic heterocycles. The fourth-order valence-corrected chi connectivity index (χ4v) is 2.88. The predicted molar refractivity (Wildman–Crippen MR) is 92.5 cm³/mol. The molecule has 2 N–H and O–H groups in total. The molecular formula is C17H13N3O2S. The molecule has 0 radical (unpaired) electrons. The topological polar surface area (TPSA) is 78.0 Å². The quantitative estimate of drug-likeness (QED) is 0.262. The number of carbonyl (C=O) groups is 1. The van der Waals surface area contributed by atoms with E-state index < -0.39 is 0 Å². The largest absolute Gasteiger partial charge is 0.334 e. The van der Waals surface area contributed by atoms with Gasteiger partial charge in [-0.05, 0) is 35.5 Å². The molecule has 5 nitrogen and oxygen atoms in total. The van der Waals surface area contributed by atoms with Gasteiger partial charge in [-0.1, -0.05) is 42.5 Å². The Morgan fingerprint density at radius 1 is 1.09 bits per heavy atom. The van der Waals surface area contributed by atoms with Crippen LogP contribution in [-0.2, 0) is 4.79 Å². The van der Waals surface area contributed by atoms with Gasteiger partial charge in [0.2, 0.25) is 0 Å². The summed E-state index contributed by atoms with van der Waals surface area (Å²) >= 11 is 1.06. The number of para-hydroxylation sites is 1. The molecule has 0 unspecified atom stereocenters. The summed E-state index contributed by atoms with van der Waals surface area (Å²) in [5, 5.41) is 0.710. The lowest BCUT2D eigenvalue weighted by Gasteiger charge is -2.08. The molecule has 3 aromatic rings. The minimum absolute atomic E-state index is 0.267. The van der Waals surface area contributed by atoms with E-state index >= 15 is 0 Å². The van der Waals surface area contributed by atoms with E-state index in [1.165, 1.54) is 0 Å². The summed E-state index contributed by atoms with van der Waals surface area (Å²) in [4.78, 5) is 28.4. The van der Waals surface area contributed by atoms with Crippen LogP contribution in [0.2, 0.25) is 0 Å². The molecule has 6 heteroatoms. The van der Waals surface area contributed by atoms with Crippen LogP contribution in [0.4, 0.5) is 0 Å². The smallest absolute Gasteiger partial charge is 0.280 e. The van der Waals surface area contributed by atoms with Gasteiger partial charge >= 0.3 is 0 Å². The van der Waals surface area contributed by atoms with Crippen molar-refractivity contribution in [1.82, 2.24) is 9.66 Å². The maximum absolute atomic E-state index is 12.3. The first-order chi connectivity index (χ1) is 11.2. The van der Waals surface area contributed by atoms with Gasteiger partial charge in [-0.25, -0.2) is 9.66 Å². The van der Waals surface area contributed by atoms with E-state index in [0.29, 0.717) is 15.8 Å². The van der Waals surface area contributed by atoms with Crippen molar-refractivity contribution < 1.29 is 4.79 Å². The Hall–Kier alpha value is -2.86. The zero-order valence-corrected chi connectivity index (χ0v) is 12.9. The van der Waals surface area contributed by atoms with Crippen molar-refractivity contribution in [2.24, 2.45) is 0 Å². The maximum atomic E-state index is 12.3. The first kappa shape index (κ1) is 15.1. The number of nitrogen functional groups attached to an aromatic ring is 1. The van der Waals surface area contributed by atoms with Crippen LogP contribution in [0.15, 0.2) is 69.5 Å². The molecule has 23 heavy (non-hydrogen) atoms. The summed E-state index contributed by atoms with van der Waals surface area (Å²) < 4.78 is 0.968. The Morgan fingerprint density at radius 2 is 1.78 bits per heavy atom. The number of aromatic nitrogens is 2. The summed E-state index contributed by atoms with van der Waals surface area (Å²) in [6.45, 7) is 0. The van der Waals surface area contributed by atoms with Crippen molar-refractivity contribution in [2.75, 3.05) is 5.84 Å². The molecule has 0 saturated carbocycles. The molecule has 0 aliphatic rings. The average molecular weight is 323 g/mol. The molecule has 0 amide bonds. The SMILES string of the molecule is Nn1c(S/C(C=O)=C/c2ccccc2)nc2ccccc2c1=O. The number of nitrogens with zero attached hydrogens (tertiary/aromatic N) is 2. The van der Waals surface area contributed by atoms with Crippen molar-refractivity contribution >= 4 is 35.0 Å². The summed E-state index contributed by atoms with van der Waals surface area (Å²) in [7, 11) is 0. The van der Waals surface area contributed by atoms with E-state index in [2.05, 4.69) is 4.98 Å². The minimum atomic E-state index is -0.344. The zero-order valence-electron chi connectivity index (χ0n) is 12.0. The Kier molecular flexibility index (Phi) is 4.25. The van der Waals surface area contributed by atoms with Gasteiger partial charge in [0.1, 0.15) is 0 Å². The number of thioether (sulfide) groups is 1. The van der Waals surface area contributed by atoms with Crippen LogP contribution in [0.25, 0.3) is 17.0 Å². The van der Waals surface area contributed by atoms with Crippen molar-refractivity contribution in [2.45, 2.75) is 5.16 Å². The van der Waals surface area contributed by atoms with E-state index in [1.54, 1.807) is 30.3 Å². The molecule has 0 aliphatic heterocycles. The second-order valence-electron chi connectivity index (χ2n) is 4.76. The normalized spacial score (nSPS) is 11.6. The number of nitrogens with two attached hydrogens (primary N) is 1. The van der Waals surface area contributed by atoms with Crippen LogP contribution in [0.1, 0.15) is 5.56 Å². The third-order valence-electron chi connectivity index (χ3n) is 3.21. The highest BCUT2D eigenvalue weighted by Gasteiger charge is 2.11. The van der Waals surface area contributed by atoms with E-state index in [1.807, 2.05) is 30.3 Å². The van der Waals surface area contributed by atoms with E-state index in [-0.39, 0.29) is 10.7 Å². The Labute approximate surface area is 136 Å². The van der Waals surface area contributed by atoms with Gasteiger partial charge in [0.15, 0.2) is 11.4 Å². The lowest BCUT2D eigenvalue weighted by atomic mass is 10.2. The fraction of sp³-hybridized carbons (Fsp3) is 0. The molecule has 0 fully saturated rings. The molecule has 2 aromatic carbocycles. The zero-order chi connectivity index (χ0) is 16.2. The standard InChI is InChI=1S/C17H13N3O2S/c18-20-16(22)14-8-4-5-9-15(14)19-17(20)23-13(11-21)10-12-6-2-1-3-7-12/h1-11H,18H2/b13-10+. The summed E-state index contributed by atoms with van der Waals surface area (Å²) in [6, 6.07) is 16.4. The van der Waals surface area contributed by atoms with E-state index in [0.717, 1.165) is 28.3 Å². The minimum Gasteiger partial charge on any atom is -0.334 e. The predicted octanol–water partition coefficient (Wildman–Crippen LogP) is 2.44. The summed E-state index contributed by atoms with van der Waals surface area (Å²) in [5.41, 5.74) is 1.09. The summed E-state index contributed by atoms with van der Waals surface area (Å²) in [5.74, 6) is 5.82. The van der Waals surface area contributed by atoms with Crippen molar-refractivity contribution in [3.63, 3.8) is 0 Å². The second-order valence-corrected chi connectivity index (χ2v) is 5.80. The molecule has 0 atom stereocenters. The van der Waals surface area contributed by atoms with Gasteiger partial charge < -0.3 is 5.84 Å². The van der Waals surface area contributed by atoms with Crippen molar-refractivity contribution in [3.05, 3.63) is 75.4 Å². The highest BCUT2D eigenvalue weighted by Crippen LogP contribution is 2.25. The van der Waals surface area contributed by atoms with Crippen LogP contribution in [0.3, 0.4) is 0 Å². The lowest BCUT2D eigenvalue weighted by Crippen LogP contribution is -2.29. The molecule has 0 saturated heterocycles. The van der Waals surface area contributed by atoms with Gasteiger partial charge in [0.05, 0.1) is 15.8 Å². The van der Waals surface area contributed by atoms with Crippen LogP contribution < -0.4 is 11.4 Å². The highest BCUT2D eigenvalue weighted by atomic mass is 32.2. The van der Waals surface area contributed by atoms with E-state index in [4.69, 9.17) is 5.84 Å². The van der Waals surface area contributed by atoms with Crippen molar-refractivity contribution in [3.8, 4) is 0 Å². The highest BCUT2D eigenvalue weighted by molar-refractivity contribution is 8.03. The number of rotatable bonds is 4. The molecule has 0 spiro atoms. The number of benzene rings is 2. The molecule has 0 bridgehead atoms. The van der Waals surface area contributed by atoms with Gasteiger partial charge in [-0.2, -0.15) is 0 Å². The molecule has 0 aliphatic carbocycles. The first-order valence-corrected chi connectivity index (χ1v) is 7.67. The van der Waals surface area contributed by atoms with Crippen LogP contribution in [-0.4, -0.2) is 15.9 Å². The van der Waals surface area contributed by atoms with Crippen LogP contribution >= 0.6 is 11.8 Å². The second kappa shape index (κ2) is 6.50. The lowest BCUT2D eigenvalue weighted by molar-refractivity contribution is -0.104. The van der Waals surface area contributed by atoms with Crippen LogP contribution in [0, 0.1) is 0 Å². The number of allylic oxidation sites excluding steroid dienone is 1. The third kappa shape index (κ3) is 3.17. The van der Waals surface area contributed by atoms with Gasteiger partial charge in [-0.15, -0.1) is 0 Å². The molecule has 3 rings (SSSR count). The van der Waals surface area contributed by atoms with Gasteiger partial charge in [0, 0.05) is 0 Å². The Bertz CT molecular complexity index is 949. The van der Waals surface area contributed by atoms with Gasteiger partial charge in [-0.3, -0.25) is 9.59 Å². The molecule has 114 valence electrons. The Morgan fingerprint density at radius 3 is 2.52 bits per heavy atom. The monoisotopic (exact) mass is 323 g/mol. The molecular weight excluding hydrogens is 310 g/mol. The number of hydrogen-bond donors (Lipinski definition) is 1. The van der Waals surface area contributed by atoms with Crippen molar-refractivity contribution in [1.29, 1.82) is 0 Å². The summed E-state index contributed by atoms with van der Waals surface area (Å²) in [6.07, 6.45) is 2.44. The first-order valence-electron chi connectivity index (χ1n) is 6.85. The average Bonchev–Trinajstić information content (AvgIpc) is 2.59. The number of carbonyl (C=O) groups excluding carboxylic acids is 1. The number of hydrogen-bond acceptors (Lipinski definition) is 5. The van der Waals surface area contributed by atoms with Crippen LogP contribution in [0.5, 0.6) is 0 Å². The Balaban J connectivity index is 2.03.